The Kier molecular flexibility index (Phi) is 10.7. The Morgan fingerprint density at radius 3 is 0.868 bits per heavy atom. The summed E-state index contributed by atoms with van der Waals surface area (Å²) < 4.78 is 0. The van der Waals surface area contributed by atoms with Crippen molar-refractivity contribution in [3.05, 3.63) is 243 Å². The highest BCUT2D eigenvalue weighted by atomic mass is 28.3. The second kappa shape index (κ2) is 17.6. The Morgan fingerprint density at radius 1 is 0.197 bits per heavy atom. The Balaban J connectivity index is 1.08. The van der Waals surface area contributed by atoms with E-state index >= 15 is 0 Å². The standard InChI is InChI=1S/C74H58Si2/c1-75(2,3)71-43-41-59(57-23-11-13-25-61(57)71)69-45-67(51-33-29-49(30-34-51)55-27-15-19-47-17-7-9-21-53(47)55)63-38-40-66-70(60-42-44-72(76(4,5)6)62-26-14-12-24-58(60)62)46-68(64-37-39-65(69)73(63)74(64)66)52-35-31-50(32-36-52)56-28-16-20-48-18-8-10-22-54(48)56/h7-46H,1-6H3. The van der Waals surface area contributed by atoms with Crippen molar-refractivity contribution in [3.63, 3.8) is 0 Å². The van der Waals surface area contributed by atoms with Crippen LogP contribution in [0.4, 0.5) is 0 Å². The molecule has 0 aliphatic rings. The van der Waals surface area contributed by atoms with Gasteiger partial charge < -0.3 is 0 Å². The average molecular weight is 1000 g/mol. The normalized spacial score (nSPS) is 12.3. The van der Waals surface area contributed by atoms with Gasteiger partial charge in [0.15, 0.2) is 0 Å². The first-order valence-corrected chi connectivity index (χ1v) is 34.0. The van der Waals surface area contributed by atoms with E-state index < -0.39 is 16.1 Å². The predicted octanol–water partition coefficient (Wildman–Crippen LogP) is 20.3. The number of hydrogen-bond acceptors (Lipinski definition) is 0. The van der Waals surface area contributed by atoms with Crippen LogP contribution in [-0.4, -0.2) is 16.1 Å². The molecule has 0 nitrogen and oxygen atoms in total. The number of rotatable bonds is 8. The maximum Gasteiger partial charge on any atom is 0.0784 e. The van der Waals surface area contributed by atoms with Gasteiger partial charge in [-0.3, -0.25) is 0 Å². The zero-order valence-corrected chi connectivity index (χ0v) is 46.1. The minimum atomic E-state index is -1.69. The van der Waals surface area contributed by atoms with Crippen molar-refractivity contribution in [2.45, 2.75) is 39.3 Å². The maximum absolute atomic E-state index is 2.51. The maximum atomic E-state index is 2.51. The van der Waals surface area contributed by atoms with Crippen LogP contribution in [0.1, 0.15) is 0 Å². The van der Waals surface area contributed by atoms with E-state index in [1.165, 1.54) is 153 Å². The first kappa shape index (κ1) is 46.1. The predicted molar refractivity (Wildman–Crippen MR) is 339 cm³/mol. The molecule has 0 bridgehead atoms. The summed E-state index contributed by atoms with van der Waals surface area (Å²) in [5.41, 5.74) is 15.0. The van der Waals surface area contributed by atoms with E-state index in [9.17, 15) is 0 Å². The lowest BCUT2D eigenvalue weighted by Gasteiger charge is -2.24. The van der Waals surface area contributed by atoms with Crippen LogP contribution in [0, 0.1) is 0 Å². The smallest absolute Gasteiger partial charge is 0.0656 e. The Morgan fingerprint density at radius 2 is 0.500 bits per heavy atom. The summed E-state index contributed by atoms with van der Waals surface area (Å²) in [5.74, 6) is 0. The van der Waals surface area contributed by atoms with E-state index in [4.69, 9.17) is 0 Å². The molecule has 362 valence electrons. The summed E-state index contributed by atoms with van der Waals surface area (Å²) in [4.78, 5) is 0. The third-order valence-corrected chi connectivity index (χ3v) is 20.6. The molecule has 0 unspecified atom stereocenters. The molecule has 14 rings (SSSR count). The number of fused-ring (bicyclic) bond motifs is 4. The third-order valence-electron chi connectivity index (χ3n) is 16.5. The van der Waals surface area contributed by atoms with E-state index in [1.807, 2.05) is 0 Å². The van der Waals surface area contributed by atoms with Gasteiger partial charge in [0.2, 0.25) is 0 Å². The summed E-state index contributed by atoms with van der Waals surface area (Å²) in [6.07, 6.45) is 0. The minimum Gasteiger partial charge on any atom is -0.0656 e. The zero-order chi connectivity index (χ0) is 51.5. The van der Waals surface area contributed by atoms with Gasteiger partial charge in [-0.15, -0.1) is 0 Å². The van der Waals surface area contributed by atoms with Crippen LogP contribution in [0.3, 0.4) is 0 Å². The first-order chi connectivity index (χ1) is 37.0. The quantitative estimate of drug-likeness (QED) is 0.105. The molecule has 0 amide bonds. The highest BCUT2D eigenvalue weighted by Crippen LogP contribution is 2.50. The number of hydrogen-bond donors (Lipinski definition) is 0. The van der Waals surface area contributed by atoms with Gasteiger partial charge in [-0.05, 0) is 154 Å². The van der Waals surface area contributed by atoms with Crippen LogP contribution in [0.25, 0.3) is 142 Å². The molecule has 76 heavy (non-hydrogen) atoms. The van der Waals surface area contributed by atoms with Gasteiger partial charge in [-0.1, -0.05) is 280 Å². The van der Waals surface area contributed by atoms with Crippen LogP contribution >= 0.6 is 0 Å². The fraction of sp³-hybridized carbons (Fsp3) is 0.0811. The molecule has 0 fully saturated rings. The van der Waals surface area contributed by atoms with Crippen molar-refractivity contribution in [1.29, 1.82) is 0 Å². The molecular formula is C74H58Si2. The fourth-order valence-electron chi connectivity index (χ4n) is 12.9. The van der Waals surface area contributed by atoms with Crippen LogP contribution in [0.5, 0.6) is 0 Å². The lowest BCUT2D eigenvalue weighted by atomic mass is 9.81. The van der Waals surface area contributed by atoms with Crippen molar-refractivity contribution in [3.8, 4) is 66.8 Å². The van der Waals surface area contributed by atoms with E-state index in [1.54, 1.807) is 0 Å². The zero-order valence-electron chi connectivity index (χ0n) is 44.1. The molecule has 0 atom stereocenters. The molecule has 14 aromatic carbocycles. The molecule has 0 aromatic heterocycles. The third kappa shape index (κ3) is 7.46. The van der Waals surface area contributed by atoms with Gasteiger partial charge in [-0.2, -0.15) is 0 Å². The molecule has 0 radical (unpaired) electrons. The van der Waals surface area contributed by atoms with E-state index in [2.05, 4.69) is 282 Å². The highest BCUT2D eigenvalue weighted by Gasteiger charge is 2.26. The van der Waals surface area contributed by atoms with Crippen LogP contribution in [-0.2, 0) is 0 Å². The second-order valence-electron chi connectivity index (χ2n) is 23.1. The van der Waals surface area contributed by atoms with Crippen LogP contribution in [0.2, 0.25) is 39.3 Å². The molecule has 0 spiro atoms. The molecule has 0 heterocycles. The molecule has 0 saturated heterocycles. The molecule has 0 saturated carbocycles. The Labute approximate surface area is 447 Å². The lowest BCUT2D eigenvalue weighted by Crippen LogP contribution is -2.38. The van der Waals surface area contributed by atoms with Crippen molar-refractivity contribution in [2.75, 3.05) is 0 Å². The summed E-state index contributed by atoms with van der Waals surface area (Å²) >= 11 is 0. The molecule has 14 aromatic rings. The summed E-state index contributed by atoms with van der Waals surface area (Å²) in [7, 11) is -3.37. The lowest BCUT2D eigenvalue weighted by molar-refractivity contribution is 1.62. The Bertz CT molecular complexity index is 4320. The summed E-state index contributed by atoms with van der Waals surface area (Å²) in [5, 5.41) is 21.2. The molecule has 0 aliphatic carbocycles. The molecular weight excluding hydrogens is 945 g/mol. The van der Waals surface area contributed by atoms with Gasteiger partial charge in [0.1, 0.15) is 0 Å². The van der Waals surface area contributed by atoms with Crippen molar-refractivity contribution in [1.82, 2.24) is 0 Å². The van der Waals surface area contributed by atoms with Crippen molar-refractivity contribution in [2.24, 2.45) is 0 Å². The first-order valence-electron chi connectivity index (χ1n) is 27.0. The fourth-order valence-corrected chi connectivity index (χ4v) is 16.1. The molecule has 0 aliphatic heterocycles. The number of benzene rings is 14. The summed E-state index contributed by atoms with van der Waals surface area (Å²) in [6, 6.07) is 92.5. The van der Waals surface area contributed by atoms with Gasteiger partial charge in [-0.25, -0.2) is 0 Å². The van der Waals surface area contributed by atoms with Gasteiger partial charge >= 0.3 is 0 Å². The topological polar surface area (TPSA) is 0 Å². The SMILES string of the molecule is C[Si](C)(C)c1ccc(-c2cc(-c3ccc(-c4cccc5ccccc45)cc3)c3ccc4c(-c5ccc([Si](C)(C)C)c6ccccc56)cc(-c5ccc(-c6cccc7ccccc67)cc5)c5ccc2c3c54)c2ccccc12. The van der Waals surface area contributed by atoms with Gasteiger partial charge in [0, 0.05) is 0 Å². The van der Waals surface area contributed by atoms with Crippen LogP contribution < -0.4 is 10.4 Å². The largest absolute Gasteiger partial charge is 0.0784 e. The van der Waals surface area contributed by atoms with Crippen molar-refractivity contribution >= 4 is 102 Å². The summed E-state index contributed by atoms with van der Waals surface area (Å²) in [6.45, 7) is 14.8. The molecule has 0 N–H and O–H groups in total. The van der Waals surface area contributed by atoms with E-state index in [-0.39, 0.29) is 0 Å². The second-order valence-corrected chi connectivity index (χ2v) is 33.2. The van der Waals surface area contributed by atoms with Gasteiger partial charge in [0.25, 0.3) is 0 Å². The molecule has 2 heteroatoms. The van der Waals surface area contributed by atoms with Gasteiger partial charge in [0.05, 0.1) is 16.1 Å². The van der Waals surface area contributed by atoms with Crippen LogP contribution in [0.15, 0.2) is 243 Å². The minimum absolute atomic E-state index is 1.21. The van der Waals surface area contributed by atoms with E-state index in [0.717, 1.165) is 0 Å². The highest BCUT2D eigenvalue weighted by molar-refractivity contribution is 6.91. The monoisotopic (exact) mass is 1000 g/mol. The Hall–Kier alpha value is -8.41. The van der Waals surface area contributed by atoms with Crippen molar-refractivity contribution < 1.29 is 0 Å². The average Bonchev–Trinajstić information content (AvgIpc) is 3.62. The van der Waals surface area contributed by atoms with E-state index in [0.29, 0.717) is 0 Å².